The Bertz CT molecular complexity index is 1650. The molecular formula is C32H32F3N5O6. The zero-order chi connectivity index (χ0) is 32.3. The van der Waals surface area contributed by atoms with Crippen molar-refractivity contribution in [2.24, 2.45) is 0 Å². The number of imidazole rings is 1. The Hall–Kier alpha value is -4.98. The molecule has 11 nitrogen and oxygen atoms in total. The third-order valence-corrected chi connectivity index (χ3v) is 8.03. The number of fused-ring (bicyclic) bond motifs is 1. The Morgan fingerprint density at radius 3 is 2.35 bits per heavy atom. The molecule has 0 bridgehead atoms. The molecule has 1 N–H and O–H groups in total. The number of halogens is 3. The van der Waals surface area contributed by atoms with Gasteiger partial charge >= 0.3 is 18.0 Å². The molecule has 1 saturated heterocycles. The van der Waals surface area contributed by atoms with Crippen LogP contribution in [0.2, 0.25) is 0 Å². The van der Waals surface area contributed by atoms with Crippen LogP contribution < -0.4 is 19.1 Å². The number of piperazine rings is 1. The molecule has 242 valence electrons. The van der Waals surface area contributed by atoms with Gasteiger partial charge in [0.25, 0.3) is 0 Å². The highest BCUT2D eigenvalue weighted by Gasteiger charge is 2.30. The van der Waals surface area contributed by atoms with Gasteiger partial charge in [0, 0.05) is 68.0 Å². The average molecular weight is 640 g/mol. The quantitative estimate of drug-likeness (QED) is 0.174. The van der Waals surface area contributed by atoms with Crippen LogP contribution in [0.3, 0.4) is 0 Å². The smallest absolute Gasteiger partial charge is 0.416 e. The lowest BCUT2D eigenvalue weighted by Gasteiger charge is -2.36. The maximum atomic E-state index is 12.8. The molecule has 0 saturated carbocycles. The van der Waals surface area contributed by atoms with Crippen molar-refractivity contribution in [1.29, 1.82) is 0 Å². The van der Waals surface area contributed by atoms with Crippen LogP contribution in [0.1, 0.15) is 23.1 Å². The predicted molar refractivity (Wildman–Crippen MR) is 161 cm³/mol. The number of aromatic nitrogens is 2. The first-order chi connectivity index (χ1) is 22.1. The largest absolute Gasteiger partial charge is 0.507 e. The number of hydrogen-bond donors (Lipinski definition) is 1. The fourth-order valence-electron chi connectivity index (χ4n) is 5.41. The number of phenolic OH excluding ortho intramolecular Hbond substituents is 1. The van der Waals surface area contributed by atoms with Crippen molar-refractivity contribution in [3.8, 4) is 23.3 Å². The second-order valence-corrected chi connectivity index (χ2v) is 11.2. The van der Waals surface area contributed by atoms with Gasteiger partial charge in [-0.1, -0.05) is 18.2 Å². The zero-order valence-corrected chi connectivity index (χ0v) is 24.7. The molecular weight excluding hydrogens is 607 g/mol. The summed E-state index contributed by atoms with van der Waals surface area (Å²) in [5, 5.41) is 21.6. The molecule has 1 aromatic heterocycles. The molecule has 2 aliphatic heterocycles. The highest BCUT2D eigenvalue weighted by Crippen LogP contribution is 2.30. The van der Waals surface area contributed by atoms with Gasteiger partial charge in [-0.15, -0.1) is 0 Å². The Kier molecular flexibility index (Phi) is 8.88. The van der Waals surface area contributed by atoms with Crippen molar-refractivity contribution in [3.05, 3.63) is 99.7 Å². The Morgan fingerprint density at radius 1 is 0.957 bits per heavy atom. The van der Waals surface area contributed by atoms with E-state index in [4.69, 9.17) is 14.2 Å². The Morgan fingerprint density at radius 2 is 1.67 bits per heavy atom. The molecule has 0 amide bonds. The number of benzene rings is 3. The first-order valence-corrected chi connectivity index (χ1v) is 14.8. The zero-order valence-electron chi connectivity index (χ0n) is 24.7. The highest BCUT2D eigenvalue weighted by molar-refractivity contribution is 5.49. The summed E-state index contributed by atoms with van der Waals surface area (Å²) < 4.78 is 57.3. The van der Waals surface area contributed by atoms with Gasteiger partial charge in [0.05, 0.1) is 5.56 Å². The van der Waals surface area contributed by atoms with Crippen molar-refractivity contribution in [2.75, 3.05) is 37.7 Å². The highest BCUT2D eigenvalue weighted by atomic mass is 19.4. The van der Waals surface area contributed by atoms with E-state index in [-0.39, 0.29) is 30.3 Å². The number of alkyl halides is 3. The van der Waals surface area contributed by atoms with E-state index in [1.165, 1.54) is 24.4 Å². The SMILES string of the molecule is O=[N+]([O-])c1cn2c(n1)OC(COc1ccc(N3CCN(Cc4ccc(OCc5ccc(C(F)(F)F)cc5)cc4O)CC3)cc1)CC2. The van der Waals surface area contributed by atoms with E-state index in [1.54, 1.807) is 16.7 Å². The topological polar surface area (TPSA) is 115 Å². The molecule has 1 fully saturated rings. The van der Waals surface area contributed by atoms with Crippen molar-refractivity contribution >= 4 is 11.5 Å². The maximum Gasteiger partial charge on any atom is 0.416 e. The first kappa shape index (κ1) is 31.0. The minimum atomic E-state index is -4.38. The summed E-state index contributed by atoms with van der Waals surface area (Å²) in [7, 11) is 0. The van der Waals surface area contributed by atoms with Gasteiger partial charge in [0.1, 0.15) is 42.8 Å². The summed E-state index contributed by atoms with van der Waals surface area (Å²) in [5.41, 5.74) is 1.73. The second kappa shape index (κ2) is 13.2. The summed E-state index contributed by atoms with van der Waals surface area (Å²) in [6.07, 6.45) is -2.60. The second-order valence-electron chi connectivity index (χ2n) is 11.2. The Labute approximate surface area is 262 Å². The number of nitro groups is 1. The van der Waals surface area contributed by atoms with Gasteiger partial charge in [0.2, 0.25) is 0 Å². The minimum Gasteiger partial charge on any atom is -0.507 e. The summed E-state index contributed by atoms with van der Waals surface area (Å²) >= 11 is 0. The molecule has 3 heterocycles. The number of anilines is 1. The normalized spacial score (nSPS) is 16.8. The number of aromatic hydroxyl groups is 1. The minimum absolute atomic E-state index is 0.0857. The number of hydrogen-bond acceptors (Lipinski definition) is 9. The third-order valence-electron chi connectivity index (χ3n) is 8.03. The summed E-state index contributed by atoms with van der Waals surface area (Å²) in [4.78, 5) is 18.9. The van der Waals surface area contributed by atoms with Crippen LogP contribution in [0.25, 0.3) is 0 Å². The van der Waals surface area contributed by atoms with E-state index in [1.807, 2.05) is 24.3 Å². The fourth-order valence-corrected chi connectivity index (χ4v) is 5.41. The van der Waals surface area contributed by atoms with Crippen LogP contribution in [-0.2, 0) is 25.9 Å². The van der Waals surface area contributed by atoms with Gasteiger partial charge in [0.15, 0.2) is 0 Å². The lowest BCUT2D eigenvalue weighted by Crippen LogP contribution is -2.45. The van der Waals surface area contributed by atoms with E-state index in [0.29, 0.717) is 43.2 Å². The third kappa shape index (κ3) is 7.45. The number of nitrogens with zero attached hydrogens (tertiary/aromatic N) is 5. The van der Waals surface area contributed by atoms with Gasteiger partial charge in [-0.3, -0.25) is 9.47 Å². The van der Waals surface area contributed by atoms with E-state index >= 15 is 0 Å². The number of phenols is 1. The van der Waals surface area contributed by atoms with E-state index < -0.39 is 16.7 Å². The number of rotatable bonds is 10. The molecule has 46 heavy (non-hydrogen) atoms. The van der Waals surface area contributed by atoms with Crippen LogP contribution in [0.15, 0.2) is 72.9 Å². The van der Waals surface area contributed by atoms with Gasteiger partial charge < -0.3 is 34.3 Å². The number of ether oxygens (including phenoxy) is 3. The predicted octanol–water partition coefficient (Wildman–Crippen LogP) is 5.65. The lowest BCUT2D eigenvalue weighted by atomic mass is 10.1. The molecule has 14 heteroatoms. The van der Waals surface area contributed by atoms with Gasteiger partial charge in [-0.05, 0) is 53.0 Å². The molecule has 3 aromatic carbocycles. The summed E-state index contributed by atoms with van der Waals surface area (Å²) in [6, 6.07) is 18.0. The Balaban J connectivity index is 0.935. The van der Waals surface area contributed by atoms with Crippen LogP contribution >= 0.6 is 0 Å². The van der Waals surface area contributed by atoms with E-state index in [9.17, 15) is 28.4 Å². The van der Waals surface area contributed by atoms with Crippen LogP contribution in [-0.4, -0.2) is 63.4 Å². The molecule has 0 spiro atoms. The van der Waals surface area contributed by atoms with Crippen LogP contribution in [0.4, 0.5) is 24.7 Å². The molecule has 4 aromatic rings. The fraction of sp³-hybridized carbons (Fsp3) is 0.344. The van der Waals surface area contributed by atoms with E-state index in [2.05, 4.69) is 14.8 Å². The van der Waals surface area contributed by atoms with Gasteiger partial charge in [-0.2, -0.15) is 13.2 Å². The van der Waals surface area contributed by atoms with Crippen molar-refractivity contribution in [3.63, 3.8) is 0 Å². The summed E-state index contributed by atoms with van der Waals surface area (Å²) in [6.45, 7) is 4.76. The van der Waals surface area contributed by atoms with Crippen molar-refractivity contribution in [2.45, 2.75) is 38.4 Å². The molecule has 1 unspecified atom stereocenters. The maximum absolute atomic E-state index is 12.8. The van der Waals surface area contributed by atoms with Gasteiger partial charge in [-0.25, -0.2) is 0 Å². The first-order valence-electron chi connectivity index (χ1n) is 14.8. The standard InChI is InChI=1S/C32H32F3N5O6/c33-32(34,35)24-4-1-22(2-5-24)20-44-27-8-3-23(29(41)17-27)18-37-13-15-38(16-14-37)25-6-9-26(10-7-25)45-21-28-11-12-39-19-30(40(42)43)36-31(39)46-28/h1-10,17,19,28,41H,11-16,18,20-21H2. The molecule has 2 aliphatic rings. The van der Waals surface area contributed by atoms with Crippen molar-refractivity contribution < 1.29 is 37.4 Å². The molecule has 0 radical (unpaired) electrons. The molecule has 6 rings (SSSR count). The summed E-state index contributed by atoms with van der Waals surface area (Å²) in [5.74, 6) is 1.01. The van der Waals surface area contributed by atoms with Crippen LogP contribution in [0, 0.1) is 10.1 Å². The molecule has 0 aliphatic carbocycles. The lowest BCUT2D eigenvalue weighted by molar-refractivity contribution is -0.389. The van der Waals surface area contributed by atoms with Crippen molar-refractivity contribution in [1.82, 2.24) is 14.5 Å². The monoisotopic (exact) mass is 639 g/mol. The average Bonchev–Trinajstić information content (AvgIpc) is 3.49. The van der Waals surface area contributed by atoms with E-state index in [0.717, 1.165) is 49.6 Å². The molecule has 1 atom stereocenters. The number of aryl methyl sites for hydroxylation is 1. The van der Waals surface area contributed by atoms with Crippen LogP contribution in [0.5, 0.6) is 23.3 Å².